The molecule has 124 valence electrons. The summed E-state index contributed by atoms with van der Waals surface area (Å²) in [5.74, 6) is -0.516. The molecule has 4 heteroatoms. The second-order valence-electron chi connectivity index (χ2n) is 5.81. The van der Waals surface area contributed by atoms with Crippen LogP contribution < -0.4 is 4.90 Å². The van der Waals surface area contributed by atoms with Crippen LogP contribution in [0.2, 0.25) is 0 Å². The van der Waals surface area contributed by atoms with Gasteiger partial charge < -0.3 is 14.4 Å². The Kier molecular flexibility index (Phi) is 4.94. The van der Waals surface area contributed by atoms with E-state index in [1.165, 1.54) is 0 Å². The molecule has 0 aliphatic carbocycles. The lowest BCUT2D eigenvalue weighted by Gasteiger charge is -2.33. The van der Waals surface area contributed by atoms with Gasteiger partial charge in [-0.15, -0.1) is 0 Å². The van der Waals surface area contributed by atoms with Crippen LogP contribution >= 0.6 is 0 Å². The van der Waals surface area contributed by atoms with Crippen LogP contribution in [0.5, 0.6) is 0 Å². The van der Waals surface area contributed by atoms with Crippen molar-refractivity contribution in [3.8, 4) is 0 Å². The molecular weight excluding hydrogens is 302 g/mol. The van der Waals surface area contributed by atoms with E-state index < -0.39 is 12.0 Å². The number of hydrogen-bond acceptors (Lipinski definition) is 4. The number of para-hydroxylation sites is 2. The number of ether oxygens (including phenoxy) is 1. The lowest BCUT2D eigenvalue weighted by Crippen LogP contribution is -2.42. The monoisotopic (exact) mass is 323 g/mol. The molecule has 1 heterocycles. The number of anilines is 2. The van der Waals surface area contributed by atoms with Gasteiger partial charge >= 0.3 is 5.97 Å². The number of fused-ring (bicyclic) bond motifs is 2. The molecule has 1 atom stereocenters. The topological polar surface area (TPSA) is 46.6 Å². The molecule has 24 heavy (non-hydrogen) atoms. The molecular formula is C20H21NO3. The van der Waals surface area contributed by atoms with E-state index in [-0.39, 0.29) is 6.61 Å². The first kappa shape index (κ1) is 16.2. The minimum Gasteiger partial charge on any atom is -0.464 e. The van der Waals surface area contributed by atoms with Crippen molar-refractivity contribution in [2.75, 3.05) is 11.5 Å². The fraction of sp³-hybridized carbons (Fsp3) is 0.300. The van der Waals surface area contributed by atoms with Crippen molar-refractivity contribution < 1.29 is 14.3 Å². The summed E-state index contributed by atoms with van der Waals surface area (Å²) >= 11 is 0. The predicted octanol–water partition coefficient (Wildman–Crippen LogP) is 3.44. The Bertz CT molecular complexity index is 694. The van der Waals surface area contributed by atoms with E-state index in [4.69, 9.17) is 4.74 Å². The zero-order chi connectivity index (χ0) is 16.9. The number of aryl methyl sites for hydroxylation is 2. The molecule has 1 aliphatic rings. The van der Waals surface area contributed by atoms with Gasteiger partial charge in [0.1, 0.15) is 0 Å². The zero-order valence-electron chi connectivity index (χ0n) is 13.8. The van der Waals surface area contributed by atoms with Crippen LogP contribution in [0.1, 0.15) is 24.5 Å². The van der Waals surface area contributed by atoms with Crippen molar-refractivity contribution in [3.63, 3.8) is 0 Å². The number of nitrogens with zero attached hydrogens (tertiary/aromatic N) is 1. The highest BCUT2D eigenvalue weighted by molar-refractivity contribution is 5.99. The number of carbonyl (C=O) groups is 2. The van der Waals surface area contributed by atoms with Gasteiger partial charge in [0.15, 0.2) is 12.3 Å². The molecule has 2 aromatic rings. The summed E-state index contributed by atoms with van der Waals surface area (Å²) in [6.45, 7) is 2.00. The minimum atomic E-state index is -0.981. The largest absolute Gasteiger partial charge is 0.464 e. The third kappa shape index (κ3) is 3.04. The van der Waals surface area contributed by atoms with Crippen LogP contribution in [0.4, 0.5) is 11.4 Å². The fourth-order valence-electron chi connectivity index (χ4n) is 3.26. The molecule has 0 radical (unpaired) electrons. The van der Waals surface area contributed by atoms with Gasteiger partial charge in [-0.05, 0) is 49.4 Å². The van der Waals surface area contributed by atoms with E-state index in [2.05, 4.69) is 12.1 Å². The lowest BCUT2D eigenvalue weighted by molar-refractivity contribution is -0.145. The number of aldehydes is 1. The average molecular weight is 323 g/mol. The van der Waals surface area contributed by atoms with Crippen LogP contribution in [-0.2, 0) is 27.2 Å². The van der Waals surface area contributed by atoms with Crippen LogP contribution in [0.15, 0.2) is 48.5 Å². The number of benzene rings is 2. The first-order valence-electron chi connectivity index (χ1n) is 8.33. The van der Waals surface area contributed by atoms with Crippen molar-refractivity contribution in [1.82, 2.24) is 0 Å². The van der Waals surface area contributed by atoms with Crippen LogP contribution in [0, 0.1) is 0 Å². The first-order chi connectivity index (χ1) is 11.8. The molecule has 0 amide bonds. The normalized spacial score (nSPS) is 14.6. The zero-order valence-corrected chi connectivity index (χ0v) is 13.8. The molecule has 0 aromatic heterocycles. The summed E-state index contributed by atoms with van der Waals surface area (Å²) in [7, 11) is 0. The van der Waals surface area contributed by atoms with E-state index >= 15 is 0 Å². The summed E-state index contributed by atoms with van der Waals surface area (Å²) < 4.78 is 5.14. The molecule has 0 fully saturated rings. The van der Waals surface area contributed by atoms with E-state index in [1.807, 2.05) is 41.3 Å². The number of esters is 1. The van der Waals surface area contributed by atoms with Crippen molar-refractivity contribution in [2.45, 2.75) is 32.2 Å². The molecule has 0 bridgehead atoms. The fourth-order valence-corrected chi connectivity index (χ4v) is 3.26. The highest BCUT2D eigenvalue weighted by atomic mass is 16.5. The Morgan fingerprint density at radius 1 is 1.08 bits per heavy atom. The van der Waals surface area contributed by atoms with Gasteiger partial charge in [-0.3, -0.25) is 0 Å². The highest BCUT2D eigenvalue weighted by Gasteiger charge is 2.31. The van der Waals surface area contributed by atoms with Crippen LogP contribution in [0.25, 0.3) is 0 Å². The summed E-state index contributed by atoms with van der Waals surface area (Å²) in [4.78, 5) is 26.0. The Morgan fingerprint density at radius 2 is 1.62 bits per heavy atom. The van der Waals surface area contributed by atoms with Crippen LogP contribution in [0.3, 0.4) is 0 Å². The van der Waals surface area contributed by atoms with Crippen molar-refractivity contribution in [1.29, 1.82) is 0 Å². The smallest absolute Gasteiger partial charge is 0.336 e. The van der Waals surface area contributed by atoms with Gasteiger partial charge in [-0.2, -0.15) is 0 Å². The van der Waals surface area contributed by atoms with Crippen molar-refractivity contribution in [3.05, 3.63) is 59.7 Å². The second kappa shape index (κ2) is 7.30. The van der Waals surface area contributed by atoms with Gasteiger partial charge in [0.2, 0.25) is 0 Å². The molecule has 1 unspecified atom stereocenters. The van der Waals surface area contributed by atoms with Gasteiger partial charge in [-0.1, -0.05) is 36.4 Å². The van der Waals surface area contributed by atoms with E-state index in [9.17, 15) is 9.59 Å². The standard InChI is InChI=1S/C20H21NO3/c1-2-24-20(23)19(14-22)21-17-12-5-3-8-15(17)10-7-11-16-9-4-6-13-18(16)21/h3-6,8-9,12-14,19H,2,7,10-11H2,1H3. The Hall–Kier alpha value is -2.62. The lowest BCUT2D eigenvalue weighted by atomic mass is 9.96. The molecule has 0 saturated heterocycles. The maximum absolute atomic E-state index is 12.4. The third-order valence-corrected chi connectivity index (χ3v) is 4.33. The molecule has 0 saturated carbocycles. The van der Waals surface area contributed by atoms with Gasteiger partial charge in [-0.25, -0.2) is 4.79 Å². The first-order valence-corrected chi connectivity index (χ1v) is 8.33. The molecule has 4 nitrogen and oxygen atoms in total. The van der Waals surface area contributed by atoms with Gasteiger partial charge in [0, 0.05) is 11.4 Å². The van der Waals surface area contributed by atoms with Gasteiger partial charge in [0.25, 0.3) is 0 Å². The van der Waals surface area contributed by atoms with E-state index in [1.54, 1.807) is 6.92 Å². The Morgan fingerprint density at radius 3 is 2.12 bits per heavy atom. The quantitative estimate of drug-likeness (QED) is 0.491. The van der Waals surface area contributed by atoms with Crippen molar-refractivity contribution in [2.24, 2.45) is 0 Å². The third-order valence-electron chi connectivity index (χ3n) is 4.33. The highest BCUT2D eigenvalue weighted by Crippen LogP contribution is 2.36. The minimum absolute atomic E-state index is 0.250. The summed E-state index contributed by atoms with van der Waals surface area (Å²) in [6, 6.07) is 14.9. The molecule has 0 spiro atoms. The Balaban J connectivity index is 2.17. The van der Waals surface area contributed by atoms with Gasteiger partial charge in [0.05, 0.1) is 6.61 Å². The van der Waals surface area contributed by atoms with Crippen molar-refractivity contribution >= 4 is 23.6 Å². The maximum atomic E-state index is 12.4. The maximum Gasteiger partial charge on any atom is 0.336 e. The number of rotatable bonds is 4. The average Bonchev–Trinajstić information content (AvgIpc) is 2.59. The Labute approximate surface area is 142 Å². The SMILES string of the molecule is CCOC(=O)C(C=O)N1c2ccccc2CCCc2ccccc21. The molecule has 3 rings (SSSR count). The predicted molar refractivity (Wildman–Crippen MR) is 93.5 cm³/mol. The summed E-state index contributed by atoms with van der Waals surface area (Å²) in [5, 5.41) is 0. The number of carbonyl (C=O) groups excluding carboxylic acids is 2. The molecule has 0 N–H and O–H groups in total. The van der Waals surface area contributed by atoms with E-state index in [0.29, 0.717) is 6.29 Å². The second-order valence-corrected chi connectivity index (χ2v) is 5.81. The summed E-state index contributed by atoms with van der Waals surface area (Å²) in [6.07, 6.45) is 3.53. The number of hydrogen-bond donors (Lipinski definition) is 0. The van der Waals surface area contributed by atoms with Crippen LogP contribution in [-0.4, -0.2) is 24.9 Å². The summed E-state index contributed by atoms with van der Waals surface area (Å²) in [5.41, 5.74) is 4.08. The van der Waals surface area contributed by atoms with E-state index in [0.717, 1.165) is 41.8 Å². The molecule has 2 aromatic carbocycles. The molecule has 1 aliphatic heterocycles.